The molecule has 0 unspecified atom stereocenters. The van der Waals surface area contributed by atoms with Crippen molar-refractivity contribution in [1.29, 1.82) is 0 Å². The average Bonchev–Trinajstić information content (AvgIpc) is 4.19. The number of furan rings is 2. The smallest absolute Gasteiger partial charge is 0.457 e. The van der Waals surface area contributed by atoms with Gasteiger partial charge in [-0.25, -0.2) is 0 Å². The van der Waals surface area contributed by atoms with E-state index < -0.39 is 21.4 Å². The molecule has 0 radical (unpaired) electrons. The highest BCUT2D eigenvalue weighted by Crippen LogP contribution is 2.40. The number of hydrogen-bond donors (Lipinski definition) is 6. The molecule has 0 saturated heterocycles. The molecule has 14 aromatic rings. The van der Waals surface area contributed by atoms with Gasteiger partial charge in [-0.3, -0.25) is 0 Å². The van der Waals surface area contributed by atoms with E-state index >= 15 is 0 Å². The highest BCUT2D eigenvalue weighted by molar-refractivity contribution is 9.10. The number of nitrogens with zero attached hydrogens (tertiary/aromatic N) is 2. The summed E-state index contributed by atoms with van der Waals surface area (Å²) in [7, 11) is -4.89. The second-order valence-corrected chi connectivity index (χ2v) is 18.9. The van der Waals surface area contributed by atoms with E-state index in [-0.39, 0.29) is 10.9 Å². The van der Waals surface area contributed by atoms with Crippen molar-refractivity contribution in [2.45, 2.75) is 0 Å². The Morgan fingerprint density at radius 2 is 0.676 bits per heavy atom. The van der Waals surface area contributed by atoms with E-state index in [1.165, 1.54) is 38.3 Å². The van der Waals surface area contributed by atoms with Gasteiger partial charge in [-0.2, -0.15) is 0 Å². The van der Waals surface area contributed by atoms with Crippen LogP contribution in [0.25, 0.3) is 110 Å². The molecule has 4 aromatic heterocycles. The molecule has 10 nitrogen and oxygen atoms in total. The van der Waals surface area contributed by atoms with Crippen LogP contribution >= 0.6 is 15.9 Å². The van der Waals surface area contributed by atoms with Gasteiger partial charge in [0, 0.05) is 80.9 Å². The fraction of sp³-hybridized carbons (Fsp3) is 0. The maximum Gasteiger partial charge on any atom is 0.492 e. The lowest BCUT2D eigenvalue weighted by Gasteiger charge is -2.08. The number of fused-ring (bicyclic) bond motifs is 12. The third kappa shape index (κ3) is 8.15. The molecular formula is C60H42B3BrN2O8. The van der Waals surface area contributed by atoms with E-state index in [9.17, 15) is 30.1 Å². The normalized spacial score (nSPS) is 11.4. The summed E-state index contributed by atoms with van der Waals surface area (Å²) in [4.78, 5) is 0. The zero-order valence-corrected chi connectivity index (χ0v) is 40.9. The minimum Gasteiger partial charge on any atom is -0.457 e. The van der Waals surface area contributed by atoms with Gasteiger partial charge in [0.25, 0.3) is 0 Å². The molecule has 14 heteroatoms. The minimum absolute atomic E-state index is 0.243. The molecule has 4 heterocycles. The van der Waals surface area contributed by atoms with Crippen molar-refractivity contribution in [3.05, 3.63) is 223 Å². The van der Waals surface area contributed by atoms with Gasteiger partial charge in [0.2, 0.25) is 0 Å². The van der Waals surface area contributed by atoms with Crippen LogP contribution < -0.4 is 16.4 Å². The Hall–Kier alpha value is -8.17. The summed E-state index contributed by atoms with van der Waals surface area (Å²) in [5, 5.41) is 65.1. The highest BCUT2D eigenvalue weighted by atomic mass is 79.9. The van der Waals surface area contributed by atoms with Crippen LogP contribution in [0.5, 0.6) is 0 Å². The summed E-state index contributed by atoms with van der Waals surface area (Å²) >= 11 is 3.57. The number of benzene rings is 10. The van der Waals surface area contributed by atoms with Crippen LogP contribution in [0.3, 0.4) is 0 Å². The molecule has 6 N–H and O–H groups in total. The number of hydrogen-bond acceptors (Lipinski definition) is 8. The summed E-state index contributed by atoms with van der Waals surface area (Å²) in [6, 6.07) is 72.5. The first-order valence-corrected chi connectivity index (χ1v) is 24.7. The summed E-state index contributed by atoms with van der Waals surface area (Å²) in [5.41, 5.74) is 11.9. The molecule has 0 bridgehead atoms. The van der Waals surface area contributed by atoms with E-state index in [0.29, 0.717) is 33.0 Å². The van der Waals surface area contributed by atoms with Crippen molar-refractivity contribution in [3.8, 4) is 22.5 Å². The molecule has 0 aliphatic heterocycles. The zero-order valence-electron chi connectivity index (χ0n) is 39.3. The molecule has 0 spiro atoms. The van der Waals surface area contributed by atoms with Crippen molar-refractivity contribution >= 4 is 141 Å². The minimum atomic E-state index is -1.65. The summed E-state index contributed by atoms with van der Waals surface area (Å²) < 4.78 is 17.6. The van der Waals surface area contributed by atoms with Crippen LogP contribution in [0.2, 0.25) is 0 Å². The number of aromatic nitrogens is 2. The van der Waals surface area contributed by atoms with Gasteiger partial charge in [-0.1, -0.05) is 168 Å². The van der Waals surface area contributed by atoms with Crippen LogP contribution in [0.15, 0.2) is 232 Å². The van der Waals surface area contributed by atoms with Crippen LogP contribution in [0, 0.1) is 0 Å². The number of rotatable bonds is 6. The molecule has 0 aliphatic rings. The maximum absolute atomic E-state index is 9.84. The Kier molecular flexibility index (Phi) is 12.3. The quantitative estimate of drug-likeness (QED) is 0.0899. The van der Waals surface area contributed by atoms with Crippen molar-refractivity contribution in [2.75, 3.05) is 0 Å². The first-order valence-electron chi connectivity index (χ1n) is 23.9. The van der Waals surface area contributed by atoms with Gasteiger partial charge in [0.05, 0.1) is 22.1 Å². The van der Waals surface area contributed by atoms with Crippen molar-refractivity contribution in [3.63, 3.8) is 0 Å². The van der Waals surface area contributed by atoms with Gasteiger partial charge in [0.1, 0.15) is 22.3 Å². The predicted molar refractivity (Wildman–Crippen MR) is 305 cm³/mol. The van der Waals surface area contributed by atoms with Crippen LogP contribution in [-0.4, -0.2) is 60.6 Å². The lowest BCUT2D eigenvalue weighted by Crippen LogP contribution is -2.30. The highest BCUT2D eigenvalue weighted by Gasteiger charge is 2.24. The standard InChI is InChI=1S/C30H20BNO3.C18H12BrN.C12H10B2O5/c33-31(34)26-14-7-13-24-23-12-6-11-21(29(23)35-30(24)26)19-16-17-28-25(18-19)22-10-4-5-15-27(22)32(28)20-8-2-1-3-9-20;19-13-10-11-18-16(12-13)15-8-4-5-9-17(15)20(18)14-6-2-1-3-7-14;15-13(16)9-5-1-3-7-8-4-2-6-10(14(17)18)12(8)19-11(7)9/h1-18,33-34H;1-12H;1-6,15-18H. The fourth-order valence-corrected chi connectivity index (χ4v) is 10.7. The molecule has 0 atom stereocenters. The predicted octanol–water partition coefficient (Wildman–Crippen LogP) is 10.5. The molecule has 0 amide bonds. The third-order valence-corrected chi connectivity index (χ3v) is 14.1. The molecule has 74 heavy (non-hydrogen) atoms. The van der Waals surface area contributed by atoms with Gasteiger partial charge in [-0.15, -0.1) is 0 Å². The molecule has 0 fully saturated rings. The first-order chi connectivity index (χ1) is 36.1. The number of halogens is 1. The average molecular weight is 1030 g/mol. The Morgan fingerprint density at radius 1 is 0.311 bits per heavy atom. The number of para-hydroxylation sites is 8. The Balaban J connectivity index is 0.000000122. The topological polar surface area (TPSA) is 158 Å². The van der Waals surface area contributed by atoms with E-state index in [2.05, 4.69) is 165 Å². The van der Waals surface area contributed by atoms with Crippen molar-refractivity contribution in [1.82, 2.24) is 9.13 Å². The first kappa shape index (κ1) is 46.9. The van der Waals surface area contributed by atoms with Crippen LogP contribution in [-0.2, 0) is 0 Å². The zero-order chi connectivity index (χ0) is 50.6. The largest absolute Gasteiger partial charge is 0.492 e. The van der Waals surface area contributed by atoms with Crippen LogP contribution in [0.1, 0.15) is 0 Å². The second-order valence-electron chi connectivity index (χ2n) is 17.9. The molecule has 0 saturated carbocycles. The molecule has 0 aliphatic carbocycles. The Labute approximate surface area is 432 Å². The summed E-state index contributed by atoms with van der Waals surface area (Å²) in [6.07, 6.45) is 0. The van der Waals surface area contributed by atoms with E-state index in [0.717, 1.165) is 48.7 Å². The van der Waals surface area contributed by atoms with Gasteiger partial charge in [0.15, 0.2) is 0 Å². The fourth-order valence-electron chi connectivity index (χ4n) is 10.3. The SMILES string of the molecule is Brc1ccc2c(c1)c1ccccc1n2-c1ccccc1.OB(O)c1cccc2c1oc1c(-c3ccc4c(c3)c3ccccc3n4-c3ccccc3)cccc12.OB(O)c1cccc2c1oc1c(B(O)O)cccc12. The van der Waals surface area contributed by atoms with E-state index in [4.69, 9.17) is 8.83 Å². The van der Waals surface area contributed by atoms with E-state index in [1.807, 2.05) is 36.4 Å². The molecule has 356 valence electrons. The maximum atomic E-state index is 9.84. The lowest BCUT2D eigenvalue weighted by molar-refractivity contribution is 0.424. The summed E-state index contributed by atoms with van der Waals surface area (Å²) in [6.45, 7) is 0. The molecular weight excluding hydrogens is 989 g/mol. The van der Waals surface area contributed by atoms with Gasteiger partial charge in [-0.05, 0) is 72.3 Å². The second kappa shape index (κ2) is 19.4. The third-order valence-electron chi connectivity index (χ3n) is 13.6. The summed E-state index contributed by atoms with van der Waals surface area (Å²) in [5.74, 6) is 0. The lowest BCUT2D eigenvalue weighted by atomic mass is 9.78. The van der Waals surface area contributed by atoms with Gasteiger partial charge < -0.3 is 48.1 Å². The van der Waals surface area contributed by atoms with Gasteiger partial charge >= 0.3 is 21.4 Å². The van der Waals surface area contributed by atoms with Crippen molar-refractivity contribution < 1.29 is 39.0 Å². The Bertz CT molecular complexity index is 4340. The monoisotopic (exact) mass is 1030 g/mol. The van der Waals surface area contributed by atoms with Crippen molar-refractivity contribution in [2.24, 2.45) is 0 Å². The Morgan fingerprint density at radius 3 is 1.15 bits per heavy atom. The van der Waals surface area contributed by atoms with Crippen LogP contribution in [0.4, 0.5) is 0 Å². The van der Waals surface area contributed by atoms with E-state index in [1.54, 1.807) is 42.5 Å². The molecule has 10 aromatic carbocycles. The molecule has 14 rings (SSSR count).